The highest BCUT2D eigenvalue weighted by atomic mass is 32.2. The van der Waals surface area contributed by atoms with Gasteiger partial charge in [0.05, 0.1) is 11.8 Å². The van der Waals surface area contributed by atoms with Crippen LogP contribution >= 0.6 is 0 Å². The molecular weight excluding hydrogens is 566 g/mol. The first-order chi connectivity index (χ1) is 19.8. The van der Waals surface area contributed by atoms with E-state index in [4.69, 9.17) is 4.74 Å². The SMILES string of the molecule is Cc1cc(C)cc(C2(NC(=O)c3cc(COc4cc(F)ccc4F)ccc3CCC(=O)O)CCN(S(C)(=O)=O)CC2)c1. The van der Waals surface area contributed by atoms with Crippen LogP contribution in [0.3, 0.4) is 0 Å². The van der Waals surface area contributed by atoms with Crippen LogP contribution < -0.4 is 10.1 Å². The van der Waals surface area contributed by atoms with Crippen molar-refractivity contribution in [2.45, 2.75) is 51.7 Å². The predicted molar refractivity (Wildman–Crippen MR) is 154 cm³/mol. The molecule has 224 valence electrons. The number of halogens is 2. The number of sulfonamides is 1. The van der Waals surface area contributed by atoms with Crippen molar-refractivity contribution < 1.29 is 36.6 Å². The molecular formula is C31H34F2N2O6S. The summed E-state index contributed by atoms with van der Waals surface area (Å²) in [5.41, 5.74) is 3.19. The van der Waals surface area contributed by atoms with E-state index in [1.165, 1.54) is 4.31 Å². The lowest BCUT2D eigenvalue weighted by atomic mass is 9.79. The van der Waals surface area contributed by atoms with Gasteiger partial charge in [-0.1, -0.05) is 41.5 Å². The molecule has 42 heavy (non-hydrogen) atoms. The zero-order chi connectivity index (χ0) is 30.7. The van der Waals surface area contributed by atoms with Crippen LogP contribution in [0.25, 0.3) is 0 Å². The molecule has 8 nitrogen and oxygen atoms in total. The number of carbonyl (C=O) groups is 2. The number of rotatable bonds is 10. The molecule has 1 aliphatic heterocycles. The average Bonchev–Trinajstić information content (AvgIpc) is 2.91. The lowest BCUT2D eigenvalue weighted by Crippen LogP contribution is -2.54. The Balaban J connectivity index is 1.68. The molecule has 3 aromatic carbocycles. The van der Waals surface area contributed by atoms with Crippen LogP contribution in [0, 0.1) is 25.5 Å². The molecule has 0 bridgehead atoms. The van der Waals surface area contributed by atoms with Gasteiger partial charge in [-0.15, -0.1) is 0 Å². The van der Waals surface area contributed by atoms with Crippen molar-refractivity contribution in [1.82, 2.24) is 9.62 Å². The third kappa shape index (κ3) is 7.51. The van der Waals surface area contributed by atoms with Crippen molar-refractivity contribution in [3.05, 3.63) is 99.6 Å². The molecule has 1 amide bonds. The Labute approximate surface area is 244 Å². The number of hydrogen-bond acceptors (Lipinski definition) is 5. The van der Waals surface area contributed by atoms with Crippen LogP contribution in [0.5, 0.6) is 5.75 Å². The zero-order valence-corrected chi connectivity index (χ0v) is 24.6. The van der Waals surface area contributed by atoms with E-state index in [-0.39, 0.29) is 43.9 Å². The minimum Gasteiger partial charge on any atom is -0.486 e. The number of carboxylic acids is 1. The summed E-state index contributed by atoms with van der Waals surface area (Å²) in [7, 11) is -3.42. The molecule has 0 aliphatic carbocycles. The summed E-state index contributed by atoms with van der Waals surface area (Å²) in [6, 6.07) is 13.7. The minimum absolute atomic E-state index is 0.0934. The zero-order valence-electron chi connectivity index (χ0n) is 23.7. The number of amides is 1. The third-order valence-electron chi connectivity index (χ3n) is 7.49. The fourth-order valence-electron chi connectivity index (χ4n) is 5.35. The summed E-state index contributed by atoms with van der Waals surface area (Å²) in [5, 5.41) is 12.4. The number of aryl methyl sites for hydroxylation is 3. The van der Waals surface area contributed by atoms with Crippen LogP contribution in [-0.2, 0) is 33.4 Å². The number of piperidine rings is 1. The van der Waals surface area contributed by atoms with Gasteiger partial charge in [-0.2, -0.15) is 0 Å². The van der Waals surface area contributed by atoms with Gasteiger partial charge in [-0.3, -0.25) is 9.59 Å². The summed E-state index contributed by atoms with van der Waals surface area (Å²) >= 11 is 0. The quantitative estimate of drug-likeness (QED) is 0.344. The van der Waals surface area contributed by atoms with E-state index in [1.807, 2.05) is 32.0 Å². The third-order valence-corrected chi connectivity index (χ3v) is 8.79. The lowest BCUT2D eigenvalue weighted by molar-refractivity contribution is -0.136. The van der Waals surface area contributed by atoms with Gasteiger partial charge in [-0.05, 0) is 68.0 Å². The first kappa shape index (κ1) is 31.1. The standard InChI is InChI=1S/C31H34F2N2O6S/c1-20-14-21(2)16-24(15-20)31(10-12-35(13-11-31)42(3,39)40)34-30(38)26-17-22(4-5-23(26)6-9-29(36)37)19-41-28-18-25(32)7-8-27(28)33/h4-5,7-8,14-18H,6,9-13,19H2,1-3H3,(H,34,38)(H,36,37). The van der Waals surface area contributed by atoms with E-state index in [9.17, 15) is 31.9 Å². The van der Waals surface area contributed by atoms with Crippen LogP contribution in [-0.4, -0.2) is 49.1 Å². The van der Waals surface area contributed by atoms with E-state index in [0.717, 1.165) is 41.1 Å². The highest BCUT2D eigenvalue weighted by Crippen LogP contribution is 2.35. The molecule has 0 aromatic heterocycles. The van der Waals surface area contributed by atoms with E-state index < -0.39 is 39.1 Å². The molecule has 11 heteroatoms. The van der Waals surface area contributed by atoms with Crippen molar-refractivity contribution in [2.24, 2.45) is 0 Å². The van der Waals surface area contributed by atoms with E-state index >= 15 is 0 Å². The monoisotopic (exact) mass is 600 g/mol. The van der Waals surface area contributed by atoms with Crippen LogP contribution in [0.4, 0.5) is 8.78 Å². The molecule has 3 aromatic rings. The number of carboxylic acid groups (broad SMARTS) is 1. The fourth-order valence-corrected chi connectivity index (χ4v) is 6.20. The maximum atomic E-state index is 14.1. The number of carbonyl (C=O) groups excluding carboxylic acids is 1. The summed E-state index contributed by atoms with van der Waals surface area (Å²) < 4.78 is 59.0. The van der Waals surface area contributed by atoms with Crippen molar-refractivity contribution in [3.63, 3.8) is 0 Å². The molecule has 0 spiro atoms. The summed E-state index contributed by atoms with van der Waals surface area (Å²) in [5.74, 6) is -3.14. The molecule has 4 rings (SSSR count). The number of nitrogens with zero attached hydrogens (tertiary/aromatic N) is 1. The van der Waals surface area contributed by atoms with Gasteiger partial charge in [0, 0.05) is 31.1 Å². The summed E-state index contributed by atoms with van der Waals surface area (Å²) in [6.45, 7) is 4.17. The number of aliphatic carboxylic acids is 1. The minimum atomic E-state index is -3.42. The maximum Gasteiger partial charge on any atom is 0.303 e. The second-order valence-electron chi connectivity index (χ2n) is 10.8. The van der Waals surface area contributed by atoms with E-state index in [1.54, 1.807) is 18.2 Å². The Kier molecular flexibility index (Phi) is 9.32. The molecule has 1 aliphatic rings. The van der Waals surface area contributed by atoms with Gasteiger partial charge in [-0.25, -0.2) is 21.5 Å². The summed E-state index contributed by atoms with van der Waals surface area (Å²) in [4.78, 5) is 25.3. The molecule has 0 atom stereocenters. The Morgan fingerprint density at radius 2 is 1.67 bits per heavy atom. The topological polar surface area (TPSA) is 113 Å². The smallest absolute Gasteiger partial charge is 0.303 e. The Morgan fingerprint density at radius 1 is 1.00 bits per heavy atom. The normalized spacial score (nSPS) is 15.3. The van der Waals surface area contributed by atoms with Gasteiger partial charge < -0.3 is 15.2 Å². The Bertz CT molecular complexity index is 1580. The highest BCUT2D eigenvalue weighted by Gasteiger charge is 2.40. The Morgan fingerprint density at radius 3 is 2.29 bits per heavy atom. The second-order valence-corrected chi connectivity index (χ2v) is 12.8. The number of ether oxygens (including phenoxy) is 1. The van der Waals surface area contributed by atoms with Gasteiger partial charge >= 0.3 is 5.97 Å². The van der Waals surface area contributed by atoms with Gasteiger partial charge in [0.1, 0.15) is 12.4 Å². The van der Waals surface area contributed by atoms with Crippen molar-refractivity contribution in [1.29, 1.82) is 0 Å². The molecule has 0 radical (unpaired) electrons. The number of hydrogen-bond donors (Lipinski definition) is 2. The van der Waals surface area contributed by atoms with Crippen molar-refractivity contribution in [2.75, 3.05) is 19.3 Å². The molecule has 2 N–H and O–H groups in total. The fraction of sp³-hybridized carbons (Fsp3) is 0.355. The van der Waals surface area contributed by atoms with Gasteiger partial charge in [0.15, 0.2) is 11.6 Å². The highest BCUT2D eigenvalue weighted by molar-refractivity contribution is 7.88. The van der Waals surface area contributed by atoms with Crippen molar-refractivity contribution >= 4 is 21.9 Å². The van der Waals surface area contributed by atoms with E-state index in [2.05, 4.69) is 5.32 Å². The molecule has 1 fully saturated rings. The van der Waals surface area contributed by atoms with Gasteiger partial charge in [0.25, 0.3) is 5.91 Å². The van der Waals surface area contributed by atoms with Crippen LogP contribution in [0.1, 0.15) is 57.4 Å². The van der Waals surface area contributed by atoms with Gasteiger partial charge in [0.2, 0.25) is 10.0 Å². The molecule has 1 heterocycles. The second kappa shape index (κ2) is 12.6. The van der Waals surface area contributed by atoms with Crippen LogP contribution in [0.15, 0.2) is 54.6 Å². The first-order valence-electron chi connectivity index (χ1n) is 13.5. The number of nitrogens with one attached hydrogen (secondary N) is 1. The largest absolute Gasteiger partial charge is 0.486 e. The number of benzene rings is 3. The Hall–Kier alpha value is -3.83. The summed E-state index contributed by atoms with van der Waals surface area (Å²) in [6.07, 6.45) is 1.72. The molecule has 0 unspecified atom stereocenters. The van der Waals surface area contributed by atoms with E-state index in [0.29, 0.717) is 24.0 Å². The lowest BCUT2D eigenvalue weighted by Gasteiger charge is -2.42. The average molecular weight is 601 g/mol. The van der Waals surface area contributed by atoms with Crippen LogP contribution in [0.2, 0.25) is 0 Å². The predicted octanol–water partition coefficient (Wildman–Crippen LogP) is 4.86. The molecule has 0 saturated carbocycles. The maximum absolute atomic E-state index is 14.1. The van der Waals surface area contributed by atoms with Crippen molar-refractivity contribution in [3.8, 4) is 5.75 Å². The molecule has 1 saturated heterocycles. The first-order valence-corrected chi connectivity index (χ1v) is 15.4.